The number of amides is 1. The number of carbonyl (C=O) groups excluding carboxylic acids is 1. The van der Waals surface area contributed by atoms with E-state index in [-0.39, 0.29) is 4.90 Å². The molecule has 0 spiro atoms. The number of hydrogen-bond acceptors (Lipinski definition) is 4. The highest BCUT2D eigenvalue weighted by Crippen LogP contribution is 2.25. The van der Waals surface area contributed by atoms with Crippen LogP contribution in [0.2, 0.25) is 0 Å². The minimum absolute atomic E-state index is 0.0609. The molecule has 19 heavy (non-hydrogen) atoms. The van der Waals surface area contributed by atoms with E-state index in [4.69, 9.17) is 5.73 Å². The normalized spacial score (nSPS) is 12.2. The van der Waals surface area contributed by atoms with Crippen molar-refractivity contribution in [1.82, 2.24) is 5.32 Å². The van der Waals surface area contributed by atoms with Crippen LogP contribution in [0.5, 0.6) is 0 Å². The van der Waals surface area contributed by atoms with Gasteiger partial charge in [-0.3, -0.25) is 4.79 Å². The van der Waals surface area contributed by atoms with Gasteiger partial charge in [-0.05, 0) is 54.9 Å². The number of carbonyl (C=O) groups is 1. The van der Waals surface area contributed by atoms with E-state index >= 15 is 0 Å². The number of anilines is 1. The van der Waals surface area contributed by atoms with Crippen LogP contribution in [0.15, 0.2) is 27.6 Å². The molecule has 0 aliphatic rings. The van der Waals surface area contributed by atoms with Crippen molar-refractivity contribution < 1.29 is 13.2 Å². The molecule has 0 bridgehead atoms. The third-order valence-corrected chi connectivity index (χ3v) is 4.71. The van der Waals surface area contributed by atoms with Gasteiger partial charge in [0.25, 0.3) is 0 Å². The number of halogens is 1. The maximum atomic E-state index is 12.1. The fraction of sp³-hybridized carbons (Fsp3) is 0.417. The zero-order valence-corrected chi connectivity index (χ0v) is 13.4. The van der Waals surface area contributed by atoms with Gasteiger partial charge in [-0.1, -0.05) is 0 Å². The molecule has 0 heterocycles. The van der Waals surface area contributed by atoms with Crippen molar-refractivity contribution >= 4 is 37.4 Å². The third kappa shape index (κ3) is 4.83. The fourth-order valence-corrected chi connectivity index (χ4v) is 3.81. The van der Waals surface area contributed by atoms with E-state index in [0.29, 0.717) is 10.2 Å². The molecule has 0 aliphatic heterocycles. The van der Waals surface area contributed by atoms with Crippen LogP contribution in [0.4, 0.5) is 5.69 Å². The van der Waals surface area contributed by atoms with Gasteiger partial charge in [0.2, 0.25) is 5.91 Å². The average Bonchev–Trinajstić information content (AvgIpc) is 2.11. The lowest BCUT2D eigenvalue weighted by molar-refractivity contribution is -0.120. The Bertz CT molecular complexity index is 591. The zero-order chi connectivity index (χ0) is 14.8. The second-order valence-electron chi connectivity index (χ2n) is 5.25. The first-order chi connectivity index (χ1) is 8.51. The molecule has 1 amide bonds. The predicted molar refractivity (Wildman–Crippen MR) is 78.5 cm³/mol. The monoisotopic (exact) mass is 348 g/mol. The Morgan fingerprint density at radius 3 is 2.42 bits per heavy atom. The molecule has 0 saturated carbocycles. The van der Waals surface area contributed by atoms with Crippen LogP contribution in [0.3, 0.4) is 0 Å². The number of nitrogens with two attached hydrogens (primary N) is 1. The highest BCUT2D eigenvalue weighted by atomic mass is 79.9. The molecule has 1 aromatic carbocycles. The molecular weight excluding hydrogens is 332 g/mol. The zero-order valence-electron chi connectivity index (χ0n) is 11.0. The van der Waals surface area contributed by atoms with E-state index in [1.807, 2.05) is 0 Å². The van der Waals surface area contributed by atoms with Crippen LogP contribution in [-0.4, -0.2) is 25.6 Å². The first kappa shape index (κ1) is 16.0. The molecule has 7 heteroatoms. The van der Waals surface area contributed by atoms with Crippen LogP contribution in [0, 0.1) is 0 Å². The average molecular weight is 349 g/mol. The fourth-order valence-electron chi connectivity index (χ4n) is 1.47. The lowest BCUT2D eigenvalue weighted by Crippen LogP contribution is -2.43. The van der Waals surface area contributed by atoms with Crippen LogP contribution < -0.4 is 11.1 Å². The summed E-state index contributed by atoms with van der Waals surface area (Å²) >= 11 is 3.14. The molecule has 0 radical (unpaired) electrons. The van der Waals surface area contributed by atoms with Crippen molar-refractivity contribution in [1.29, 1.82) is 0 Å². The van der Waals surface area contributed by atoms with Gasteiger partial charge in [0.1, 0.15) is 5.75 Å². The lowest BCUT2D eigenvalue weighted by Gasteiger charge is -2.20. The first-order valence-corrected chi connectivity index (χ1v) is 8.04. The largest absolute Gasteiger partial charge is 0.399 e. The summed E-state index contributed by atoms with van der Waals surface area (Å²) in [5.41, 5.74) is 5.53. The molecule has 106 valence electrons. The summed E-state index contributed by atoms with van der Waals surface area (Å²) < 4.78 is 24.6. The van der Waals surface area contributed by atoms with Gasteiger partial charge in [-0.15, -0.1) is 0 Å². The van der Waals surface area contributed by atoms with Crippen molar-refractivity contribution in [2.45, 2.75) is 31.2 Å². The predicted octanol–water partition coefficient (Wildman–Crippen LogP) is 1.72. The molecule has 0 atom stereocenters. The first-order valence-electron chi connectivity index (χ1n) is 5.60. The Hall–Kier alpha value is -1.08. The molecule has 0 aromatic heterocycles. The maximum Gasteiger partial charge on any atom is 0.235 e. The van der Waals surface area contributed by atoms with E-state index in [1.165, 1.54) is 18.2 Å². The number of nitrogen functional groups attached to an aromatic ring is 1. The Kier molecular flexibility index (Phi) is 4.63. The summed E-state index contributed by atoms with van der Waals surface area (Å²) in [6, 6.07) is 4.37. The summed E-state index contributed by atoms with van der Waals surface area (Å²) in [7, 11) is -3.69. The molecule has 3 N–H and O–H groups in total. The van der Waals surface area contributed by atoms with Crippen LogP contribution >= 0.6 is 15.9 Å². The summed E-state index contributed by atoms with van der Waals surface area (Å²) in [6.45, 7) is 5.37. The highest BCUT2D eigenvalue weighted by Gasteiger charge is 2.24. The van der Waals surface area contributed by atoms with Crippen molar-refractivity contribution in [3.05, 3.63) is 22.7 Å². The highest BCUT2D eigenvalue weighted by molar-refractivity contribution is 9.10. The van der Waals surface area contributed by atoms with Crippen LogP contribution in [-0.2, 0) is 14.6 Å². The smallest absolute Gasteiger partial charge is 0.235 e. The molecule has 1 rings (SSSR count). The summed E-state index contributed by atoms with van der Waals surface area (Å²) in [6.07, 6.45) is 0. The molecular formula is C12H17BrN2O3S. The Morgan fingerprint density at radius 1 is 1.37 bits per heavy atom. The maximum absolute atomic E-state index is 12.1. The van der Waals surface area contributed by atoms with Gasteiger partial charge in [-0.2, -0.15) is 0 Å². The lowest BCUT2D eigenvalue weighted by atomic mass is 10.1. The van der Waals surface area contributed by atoms with Crippen molar-refractivity contribution in [2.75, 3.05) is 11.5 Å². The SMILES string of the molecule is CC(C)(C)NC(=O)CS(=O)(=O)c1ccc(N)cc1Br. The number of rotatable bonds is 3. The van der Waals surface area contributed by atoms with Gasteiger partial charge >= 0.3 is 0 Å². The second kappa shape index (κ2) is 5.50. The van der Waals surface area contributed by atoms with Crippen molar-refractivity contribution in [2.24, 2.45) is 0 Å². The van der Waals surface area contributed by atoms with E-state index in [1.54, 1.807) is 20.8 Å². The number of hydrogen-bond donors (Lipinski definition) is 2. The van der Waals surface area contributed by atoms with Crippen molar-refractivity contribution in [3.8, 4) is 0 Å². The van der Waals surface area contributed by atoms with Gasteiger partial charge in [0, 0.05) is 15.7 Å². The molecule has 0 saturated heterocycles. The third-order valence-electron chi connectivity index (χ3n) is 2.13. The standard InChI is InChI=1S/C12H17BrN2O3S/c1-12(2,3)15-11(16)7-19(17,18)10-5-4-8(14)6-9(10)13/h4-6H,7,14H2,1-3H3,(H,15,16). The molecule has 0 fully saturated rings. The van der Waals surface area contributed by atoms with E-state index in [2.05, 4.69) is 21.2 Å². The molecule has 5 nitrogen and oxygen atoms in total. The molecule has 0 unspecified atom stereocenters. The Labute approximate surface area is 121 Å². The Morgan fingerprint density at radius 2 is 1.95 bits per heavy atom. The number of nitrogens with one attached hydrogen (secondary N) is 1. The van der Waals surface area contributed by atoms with E-state index in [0.717, 1.165) is 0 Å². The summed E-state index contributed by atoms with van der Waals surface area (Å²) in [5, 5.41) is 2.62. The quantitative estimate of drug-likeness (QED) is 0.813. The van der Waals surface area contributed by atoms with E-state index in [9.17, 15) is 13.2 Å². The topological polar surface area (TPSA) is 89.3 Å². The molecule has 0 aliphatic carbocycles. The molecule has 1 aromatic rings. The van der Waals surface area contributed by atoms with Crippen molar-refractivity contribution in [3.63, 3.8) is 0 Å². The number of sulfone groups is 1. The van der Waals surface area contributed by atoms with Crippen LogP contribution in [0.25, 0.3) is 0 Å². The van der Waals surface area contributed by atoms with Crippen LogP contribution in [0.1, 0.15) is 20.8 Å². The summed E-state index contributed by atoms with van der Waals surface area (Å²) in [5.74, 6) is -1.12. The minimum atomic E-state index is -3.69. The van der Waals surface area contributed by atoms with E-state index < -0.39 is 27.0 Å². The van der Waals surface area contributed by atoms with Gasteiger partial charge < -0.3 is 11.1 Å². The van der Waals surface area contributed by atoms with Gasteiger partial charge in [0.05, 0.1) is 4.90 Å². The second-order valence-corrected chi connectivity index (χ2v) is 8.06. The van der Waals surface area contributed by atoms with Gasteiger partial charge in [-0.25, -0.2) is 8.42 Å². The Balaban J connectivity index is 2.96. The van der Waals surface area contributed by atoms with Gasteiger partial charge in [0.15, 0.2) is 9.84 Å². The minimum Gasteiger partial charge on any atom is -0.399 e. The number of benzene rings is 1. The summed E-state index contributed by atoms with van der Waals surface area (Å²) in [4.78, 5) is 11.8.